The van der Waals surface area contributed by atoms with Crippen molar-refractivity contribution in [2.24, 2.45) is 7.05 Å². The van der Waals surface area contributed by atoms with Crippen molar-refractivity contribution in [1.29, 1.82) is 0 Å². The van der Waals surface area contributed by atoms with Crippen LogP contribution in [0.4, 0.5) is 10.7 Å². The number of aryl methyl sites for hydroxylation is 1. The van der Waals surface area contributed by atoms with Gasteiger partial charge < -0.3 is 15.6 Å². The molecule has 0 radical (unpaired) electrons. The Morgan fingerprint density at radius 3 is 2.65 bits per heavy atom. The van der Waals surface area contributed by atoms with Crippen molar-refractivity contribution in [2.75, 3.05) is 11.1 Å². The first kappa shape index (κ1) is 16.4. The zero-order chi connectivity index (χ0) is 18.1. The zero-order valence-electron chi connectivity index (χ0n) is 14.4. The summed E-state index contributed by atoms with van der Waals surface area (Å²) < 4.78 is 2.13. The summed E-state index contributed by atoms with van der Waals surface area (Å²) in [7, 11) is 2.05. The Morgan fingerprint density at radius 1 is 1.12 bits per heavy atom. The minimum atomic E-state index is -0.172. The molecule has 0 atom stereocenters. The van der Waals surface area contributed by atoms with E-state index in [4.69, 9.17) is 5.73 Å². The Balaban J connectivity index is 1.59. The Bertz CT molecular complexity index is 1080. The molecule has 0 aliphatic carbocycles. The second kappa shape index (κ2) is 6.69. The highest BCUT2D eigenvalue weighted by Gasteiger charge is 2.16. The van der Waals surface area contributed by atoms with Gasteiger partial charge in [-0.1, -0.05) is 36.4 Å². The number of aromatic nitrogens is 1. The van der Waals surface area contributed by atoms with Crippen LogP contribution in [-0.2, 0) is 13.5 Å². The number of nitrogens with one attached hydrogen (secondary N) is 1. The molecule has 4 nitrogen and oxygen atoms in total. The highest BCUT2D eigenvalue weighted by Crippen LogP contribution is 2.30. The average molecular weight is 361 g/mol. The van der Waals surface area contributed by atoms with Crippen LogP contribution in [-0.4, -0.2) is 10.5 Å². The summed E-state index contributed by atoms with van der Waals surface area (Å²) in [5.41, 5.74) is 9.86. The summed E-state index contributed by atoms with van der Waals surface area (Å²) in [6.45, 7) is 0. The van der Waals surface area contributed by atoms with Crippen LogP contribution in [0.25, 0.3) is 10.9 Å². The van der Waals surface area contributed by atoms with E-state index >= 15 is 0 Å². The molecule has 0 saturated heterocycles. The molecular formula is C21H19N3OS. The Morgan fingerprint density at radius 2 is 1.85 bits per heavy atom. The van der Waals surface area contributed by atoms with Gasteiger partial charge in [0.15, 0.2) is 0 Å². The number of carbonyl (C=O) groups excluding carboxylic acids is 1. The van der Waals surface area contributed by atoms with E-state index in [1.165, 1.54) is 27.8 Å². The third-order valence-electron chi connectivity index (χ3n) is 4.43. The van der Waals surface area contributed by atoms with Gasteiger partial charge in [0, 0.05) is 41.1 Å². The quantitative estimate of drug-likeness (QED) is 0.555. The maximum atomic E-state index is 12.5. The Kier molecular flexibility index (Phi) is 4.22. The fourth-order valence-corrected chi connectivity index (χ4v) is 4.14. The molecular weight excluding hydrogens is 342 g/mol. The van der Waals surface area contributed by atoms with Crippen molar-refractivity contribution in [1.82, 2.24) is 4.57 Å². The van der Waals surface area contributed by atoms with E-state index in [-0.39, 0.29) is 5.91 Å². The normalized spacial score (nSPS) is 11.0. The maximum absolute atomic E-state index is 12.5. The van der Waals surface area contributed by atoms with Gasteiger partial charge in [0.2, 0.25) is 0 Å². The molecule has 0 unspecified atom stereocenters. The standard InChI is InChI=1S/C21H19N3OS/c1-24-13-14(17-9-5-6-10-19(17)24)11-16-12-18(20(22)26-16)21(25)23-15-7-3-2-4-8-15/h2-10,12-13H,11,22H2,1H3,(H,23,25). The predicted molar refractivity (Wildman–Crippen MR) is 109 cm³/mol. The first-order valence-electron chi connectivity index (χ1n) is 8.39. The van der Waals surface area contributed by atoms with Gasteiger partial charge in [-0.2, -0.15) is 0 Å². The van der Waals surface area contributed by atoms with Crippen molar-refractivity contribution in [2.45, 2.75) is 6.42 Å². The minimum absolute atomic E-state index is 0.172. The van der Waals surface area contributed by atoms with Crippen LogP contribution >= 0.6 is 11.3 Å². The third kappa shape index (κ3) is 3.09. The molecule has 26 heavy (non-hydrogen) atoms. The number of hydrogen-bond acceptors (Lipinski definition) is 3. The molecule has 4 rings (SSSR count). The number of carbonyl (C=O) groups is 1. The molecule has 2 aromatic heterocycles. The number of amides is 1. The van der Waals surface area contributed by atoms with Gasteiger partial charge in [-0.05, 0) is 29.8 Å². The number of nitrogens with two attached hydrogens (primary N) is 1. The Hall–Kier alpha value is -3.05. The van der Waals surface area contributed by atoms with Crippen molar-refractivity contribution >= 4 is 38.8 Å². The molecule has 1 amide bonds. The van der Waals surface area contributed by atoms with Crippen molar-refractivity contribution in [3.05, 3.63) is 82.9 Å². The lowest BCUT2D eigenvalue weighted by atomic mass is 10.1. The van der Waals surface area contributed by atoms with Gasteiger partial charge in [0.25, 0.3) is 5.91 Å². The van der Waals surface area contributed by atoms with Crippen molar-refractivity contribution in [3.8, 4) is 0 Å². The largest absolute Gasteiger partial charge is 0.390 e. The molecule has 0 saturated carbocycles. The number of hydrogen-bond donors (Lipinski definition) is 2. The summed E-state index contributed by atoms with van der Waals surface area (Å²) in [6.07, 6.45) is 2.90. The predicted octanol–water partition coefficient (Wildman–Crippen LogP) is 4.67. The monoisotopic (exact) mass is 361 g/mol. The summed E-state index contributed by atoms with van der Waals surface area (Å²) in [5.74, 6) is -0.172. The lowest BCUT2D eigenvalue weighted by molar-refractivity contribution is 0.102. The SMILES string of the molecule is Cn1cc(Cc2cc(C(=O)Nc3ccccc3)c(N)s2)c2ccccc21. The number of anilines is 2. The molecule has 0 bridgehead atoms. The van der Waals surface area contributed by atoms with E-state index < -0.39 is 0 Å². The highest BCUT2D eigenvalue weighted by atomic mass is 32.1. The van der Waals surface area contributed by atoms with E-state index in [1.54, 1.807) is 0 Å². The minimum Gasteiger partial charge on any atom is -0.390 e. The van der Waals surface area contributed by atoms with Crippen molar-refractivity contribution < 1.29 is 4.79 Å². The van der Waals surface area contributed by atoms with Gasteiger partial charge in [0.1, 0.15) is 0 Å². The summed E-state index contributed by atoms with van der Waals surface area (Å²) in [6, 6.07) is 19.6. The van der Waals surface area contributed by atoms with Gasteiger partial charge in [-0.3, -0.25) is 4.79 Å². The van der Waals surface area contributed by atoms with E-state index in [9.17, 15) is 4.79 Å². The van der Waals surface area contributed by atoms with E-state index in [0.717, 1.165) is 17.0 Å². The number of nitrogen functional groups attached to an aromatic ring is 1. The molecule has 4 aromatic rings. The van der Waals surface area contributed by atoms with E-state index in [1.807, 2.05) is 55.6 Å². The number of rotatable bonds is 4. The van der Waals surface area contributed by atoms with Gasteiger partial charge in [0.05, 0.1) is 10.6 Å². The van der Waals surface area contributed by atoms with Crippen LogP contribution in [0.1, 0.15) is 20.8 Å². The fraction of sp³-hybridized carbons (Fsp3) is 0.0952. The van der Waals surface area contributed by atoms with E-state index in [0.29, 0.717) is 10.6 Å². The second-order valence-electron chi connectivity index (χ2n) is 6.27. The molecule has 130 valence electrons. The van der Waals surface area contributed by atoms with Crippen LogP contribution in [0.2, 0.25) is 0 Å². The molecule has 3 N–H and O–H groups in total. The summed E-state index contributed by atoms with van der Waals surface area (Å²) in [4.78, 5) is 13.6. The van der Waals surface area contributed by atoms with Gasteiger partial charge in [-0.15, -0.1) is 11.3 Å². The van der Waals surface area contributed by atoms with Gasteiger partial charge >= 0.3 is 0 Å². The van der Waals surface area contributed by atoms with Crippen LogP contribution < -0.4 is 11.1 Å². The third-order valence-corrected chi connectivity index (χ3v) is 5.40. The molecule has 5 heteroatoms. The number of benzene rings is 2. The topological polar surface area (TPSA) is 60.0 Å². The number of nitrogens with zero attached hydrogens (tertiary/aromatic N) is 1. The van der Waals surface area contributed by atoms with Crippen LogP contribution in [0.3, 0.4) is 0 Å². The van der Waals surface area contributed by atoms with Crippen molar-refractivity contribution in [3.63, 3.8) is 0 Å². The average Bonchev–Trinajstić information content (AvgIpc) is 3.17. The molecule has 0 spiro atoms. The molecule has 0 fully saturated rings. The highest BCUT2D eigenvalue weighted by molar-refractivity contribution is 7.16. The number of para-hydroxylation sites is 2. The van der Waals surface area contributed by atoms with Crippen LogP contribution in [0.15, 0.2) is 66.9 Å². The summed E-state index contributed by atoms with van der Waals surface area (Å²) >= 11 is 1.47. The molecule has 0 aliphatic rings. The molecule has 0 aliphatic heterocycles. The van der Waals surface area contributed by atoms with Crippen LogP contribution in [0.5, 0.6) is 0 Å². The number of fused-ring (bicyclic) bond motifs is 1. The Labute approximate surface area is 155 Å². The van der Waals surface area contributed by atoms with Gasteiger partial charge in [-0.25, -0.2) is 0 Å². The zero-order valence-corrected chi connectivity index (χ0v) is 15.2. The maximum Gasteiger partial charge on any atom is 0.258 e. The first-order chi connectivity index (χ1) is 12.6. The summed E-state index contributed by atoms with van der Waals surface area (Å²) in [5, 5.41) is 4.68. The fourth-order valence-electron chi connectivity index (χ4n) is 3.20. The smallest absolute Gasteiger partial charge is 0.258 e. The molecule has 2 heterocycles. The second-order valence-corrected chi connectivity index (χ2v) is 7.44. The van der Waals surface area contributed by atoms with E-state index in [2.05, 4.69) is 28.2 Å². The first-order valence-corrected chi connectivity index (χ1v) is 9.21. The molecule has 2 aromatic carbocycles. The number of thiophene rings is 1. The lowest BCUT2D eigenvalue weighted by Gasteiger charge is -2.03. The van der Waals surface area contributed by atoms with Crippen LogP contribution in [0, 0.1) is 0 Å². The lowest BCUT2D eigenvalue weighted by Crippen LogP contribution is -2.12.